The fraction of sp³-hybridized carbons (Fsp3) is 0.667. The van der Waals surface area contributed by atoms with Crippen LogP contribution in [0.2, 0.25) is 0 Å². The minimum absolute atomic E-state index is 0.164. The molecule has 0 aromatic rings. The van der Waals surface area contributed by atoms with Crippen LogP contribution in [0.4, 0.5) is 4.79 Å². The summed E-state index contributed by atoms with van der Waals surface area (Å²) in [6.45, 7) is 3.01. The van der Waals surface area contributed by atoms with Gasteiger partial charge in [-0.25, -0.2) is 9.59 Å². The van der Waals surface area contributed by atoms with Crippen molar-refractivity contribution in [1.29, 1.82) is 0 Å². The molecular weight excluding hydrogens is 266 g/mol. The number of hydrogen-bond acceptors (Lipinski definition) is 4. The standard InChI is InChI=1S/C12H19N3O5/c1-4-12(2,10(18)19)14-11(20)13-7-5-6-8(16)15(3)9(7)17/h7H,4-6H2,1-3H3,(H,18,19)(H2,13,14,20). The smallest absolute Gasteiger partial charge is 0.329 e. The highest BCUT2D eigenvalue weighted by molar-refractivity contribution is 6.01. The predicted octanol–water partition coefficient (Wildman–Crippen LogP) is -0.314. The fourth-order valence-electron chi connectivity index (χ4n) is 1.79. The SMILES string of the molecule is CCC(C)(NC(=O)NC1CCC(=O)N(C)C1=O)C(=O)O. The molecule has 1 aliphatic rings. The first-order valence-corrected chi connectivity index (χ1v) is 6.33. The van der Waals surface area contributed by atoms with Gasteiger partial charge in [-0.1, -0.05) is 6.92 Å². The number of piperidine rings is 1. The maximum Gasteiger partial charge on any atom is 0.329 e. The second kappa shape index (κ2) is 5.89. The summed E-state index contributed by atoms with van der Waals surface area (Å²) in [6, 6.07) is -1.55. The van der Waals surface area contributed by atoms with E-state index >= 15 is 0 Å². The average Bonchev–Trinajstić information content (AvgIpc) is 2.39. The molecule has 1 heterocycles. The number of nitrogens with zero attached hydrogens (tertiary/aromatic N) is 1. The van der Waals surface area contributed by atoms with Crippen molar-refractivity contribution >= 4 is 23.8 Å². The number of carbonyl (C=O) groups is 4. The van der Waals surface area contributed by atoms with Crippen LogP contribution in [0.1, 0.15) is 33.1 Å². The van der Waals surface area contributed by atoms with E-state index in [2.05, 4.69) is 10.6 Å². The van der Waals surface area contributed by atoms with Crippen molar-refractivity contribution in [3.63, 3.8) is 0 Å². The number of hydrogen-bond donors (Lipinski definition) is 3. The summed E-state index contributed by atoms with van der Waals surface area (Å²) in [5.74, 6) is -1.94. The number of nitrogens with one attached hydrogen (secondary N) is 2. The summed E-state index contributed by atoms with van der Waals surface area (Å²) in [7, 11) is 1.35. The number of urea groups is 1. The molecule has 1 fully saturated rings. The third-order valence-corrected chi connectivity index (χ3v) is 3.52. The number of carboxylic acid groups (broad SMARTS) is 1. The Bertz CT molecular complexity index is 450. The Labute approximate surface area is 116 Å². The van der Waals surface area contributed by atoms with Gasteiger partial charge in [0.1, 0.15) is 11.6 Å². The topological polar surface area (TPSA) is 116 Å². The molecule has 0 spiro atoms. The number of rotatable bonds is 4. The van der Waals surface area contributed by atoms with Gasteiger partial charge < -0.3 is 15.7 Å². The third-order valence-electron chi connectivity index (χ3n) is 3.52. The highest BCUT2D eigenvalue weighted by Crippen LogP contribution is 2.12. The van der Waals surface area contributed by atoms with Crippen LogP contribution in [0, 0.1) is 0 Å². The van der Waals surface area contributed by atoms with E-state index in [1.807, 2.05) is 0 Å². The van der Waals surface area contributed by atoms with Gasteiger partial charge in [0.2, 0.25) is 5.91 Å². The van der Waals surface area contributed by atoms with Gasteiger partial charge in [-0.05, 0) is 19.8 Å². The fourth-order valence-corrected chi connectivity index (χ4v) is 1.79. The molecule has 1 saturated heterocycles. The maximum absolute atomic E-state index is 11.8. The summed E-state index contributed by atoms with van der Waals surface area (Å²) in [5, 5.41) is 13.8. The van der Waals surface area contributed by atoms with Crippen LogP contribution in [0.15, 0.2) is 0 Å². The van der Waals surface area contributed by atoms with E-state index < -0.39 is 29.5 Å². The number of amides is 4. The Morgan fingerprint density at radius 1 is 1.45 bits per heavy atom. The molecule has 3 N–H and O–H groups in total. The molecule has 20 heavy (non-hydrogen) atoms. The third kappa shape index (κ3) is 3.25. The zero-order valence-electron chi connectivity index (χ0n) is 11.7. The molecule has 112 valence electrons. The Morgan fingerprint density at radius 3 is 2.55 bits per heavy atom. The average molecular weight is 285 g/mol. The first kappa shape index (κ1) is 15.9. The minimum Gasteiger partial charge on any atom is -0.480 e. The Morgan fingerprint density at radius 2 is 2.05 bits per heavy atom. The van der Waals surface area contributed by atoms with Crippen molar-refractivity contribution < 1.29 is 24.3 Å². The number of likely N-dealkylation sites (N-methyl/N-ethyl adjacent to an activating group) is 1. The normalized spacial score (nSPS) is 22.1. The molecule has 2 atom stereocenters. The summed E-state index contributed by atoms with van der Waals surface area (Å²) >= 11 is 0. The van der Waals surface area contributed by atoms with Crippen molar-refractivity contribution in [1.82, 2.24) is 15.5 Å². The Kier molecular flexibility index (Phi) is 4.69. The maximum atomic E-state index is 11.8. The molecule has 0 aliphatic carbocycles. The second-order valence-electron chi connectivity index (χ2n) is 4.97. The van der Waals surface area contributed by atoms with Crippen molar-refractivity contribution in [3.8, 4) is 0 Å². The van der Waals surface area contributed by atoms with E-state index in [-0.39, 0.29) is 25.2 Å². The molecule has 0 bridgehead atoms. The first-order chi connectivity index (χ1) is 9.21. The van der Waals surface area contributed by atoms with Gasteiger partial charge in [-0.15, -0.1) is 0 Å². The molecule has 8 heteroatoms. The van der Waals surface area contributed by atoms with Crippen molar-refractivity contribution in [2.45, 2.75) is 44.7 Å². The molecule has 1 rings (SSSR count). The summed E-state index contributed by atoms with van der Waals surface area (Å²) in [5.41, 5.74) is -1.40. The van der Waals surface area contributed by atoms with Crippen LogP contribution >= 0.6 is 0 Å². The quantitative estimate of drug-likeness (QED) is 0.612. The molecular formula is C12H19N3O5. The molecule has 4 amide bonds. The van der Waals surface area contributed by atoms with Crippen LogP contribution in [-0.2, 0) is 14.4 Å². The van der Waals surface area contributed by atoms with Crippen LogP contribution < -0.4 is 10.6 Å². The number of aliphatic carboxylic acids is 1. The van der Waals surface area contributed by atoms with Crippen LogP contribution in [0.5, 0.6) is 0 Å². The molecule has 8 nitrogen and oxygen atoms in total. The van der Waals surface area contributed by atoms with Gasteiger partial charge in [-0.2, -0.15) is 0 Å². The lowest BCUT2D eigenvalue weighted by molar-refractivity contribution is -0.147. The molecule has 1 aliphatic heterocycles. The monoisotopic (exact) mass is 285 g/mol. The first-order valence-electron chi connectivity index (χ1n) is 6.33. The van der Waals surface area contributed by atoms with Crippen molar-refractivity contribution in [2.75, 3.05) is 7.05 Å². The molecule has 0 aromatic heterocycles. The lowest BCUT2D eigenvalue weighted by Crippen LogP contribution is -2.59. The lowest BCUT2D eigenvalue weighted by Gasteiger charge is -2.30. The zero-order valence-corrected chi connectivity index (χ0v) is 11.7. The lowest BCUT2D eigenvalue weighted by atomic mass is 9.99. The second-order valence-corrected chi connectivity index (χ2v) is 4.97. The summed E-state index contributed by atoms with van der Waals surface area (Å²) in [6.07, 6.45) is 0.579. The minimum atomic E-state index is -1.40. The van der Waals surface area contributed by atoms with E-state index in [0.717, 1.165) is 4.90 Å². The summed E-state index contributed by atoms with van der Waals surface area (Å²) in [4.78, 5) is 46.9. The molecule has 0 saturated carbocycles. The molecule has 2 unspecified atom stereocenters. The number of carboxylic acids is 1. The van der Waals surface area contributed by atoms with Crippen LogP contribution in [0.3, 0.4) is 0 Å². The van der Waals surface area contributed by atoms with Crippen LogP contribution in [-0.4, -0.2) is 52.4 Å². The van der Waals surface area contributed by atoms with E-state index in [9.17, 15) is 19.2 Å². The predicted molar refractivity (Wildman–Crippen MR) is 68.8 cm³/mol. The van der Waals surface area contributed by atoms with Gasteiger partial charge in [-0.3, -0.25) is 14.5 Å². The van der Waals surface area contributed by atoms with Gasteiger partial charge in [0.05, 0.1) is 0 Å². The highest BCUT2D eigenvalue weighted by Gasteiger charge is 2.36. The number of carbonyl (C=O) groups excluding carboxylic acids is 3. The van der Waals surface area contributed by atoms with Crippen molar-refractivity contribution in [2.24, 2.45) is 0 Å². The molecule has 0 radical (unpaired) electrons. The zero-order chi connectivity index (χ0) is 15.5. The van der Waals surface area contributed by atoms with Gasteiger partial charge in [0.25, 0.3) is 5.91 Å². The van der Waals surface area contributed by atoms with E-state index in [1.165, 1.54) is 14.0 Å². The Balaban J connectivity index is 2.65. The summed E-state index contributed by atoms with van der Waals surface area (Å²) < 4.78 is 0. The van der Waals surface area contributed by atoms with Gasteiger partial charge in [0, 0.05) is 13.5 Å². The van der Waals surface area contributed by atoms with E-state index in [0.29, 0.717) is 0 Å². The van der Waals surface area contributed by atoms with E-state index in [1.54, 1.807) is 6.92 Å². The van der Waals surface area contributed by atoms with Crippen molar-refractivity contribution in [3.05, 3.63) is 0 Å². The highest BCUT2D eigenvalue weighted by atomic mass is 16.4. The van der Waals surface area contributed by atoms with E-state index in [4.69, 9.17) is 5.11 Å². The number of likely N-dealkylation sites (tertiary alicyclic amines) is 1. The Hall–Kier alpha value is -2.12. The number of imide groups is 1. The molecule has 0 aromatic carbocycles. The largest absolute Gasteiger partial charge is 0.480 e. The van der Waals surface area contributed by atoms with Gasteiger partial charge >= 0.3 is 12.0 Å². The van der Waals surface area contributed by atoms with Crippen LogP contribution in [0.25, 0.3) is 0 Å². The van der Waals surface area contributed by atoms with Gasteiger partial charge in [0.15, 0.2) is 0 Å².